The van der Waals surface area contributed by atoms with Crippen molar-refractivity contribution in [2.45, 2.75) is 71.2 Å². The molecule has 4 bridgehead atoms. The number of hydrogen-bond acceptors (Lipinski definition) is 8. The van der Waals surface area contributed by atoms with Crippen molar-refractivity contribution >= 4 is 18.0 Å². The molecule has 0 saturated heterocycles. The van der Waals surface area contributed by atoms with Gasteiger partial charge in [-0.2, -0.15) is 0 Å². The number of aldehydes is 1. The SMILES string of the molecule is COC1=CC(=O)[C@H](OC(=O)[C@@]23C(C(C)C)=C[C@H]4C[C@@]2(C=O)[C@@H]2CC[C@@H](C)[C@H]2C[C@]43CO)[C@@](C)(O)[C@H]1O. The van der Waals surface area contributed by atoms with Crippen LogP contribution in [0.2, 0.25) is 0 Å². The van der Waals surface area contributed by atoms with Gasteiger partial charge < -0.3 is 29.6 Å². The summed E-state index contributed by atoms with van der Waals surface area (Å²) in [5.74, 6) is -1.29. The van der Waals surface area contributed by atoms with Gasteiger partial charge in [0, 0.05) is 11.5 Å². The molecule has 0 unspecified atom stereocenters. The molecule has 0 aliphatic heterocycles. The van der Waals surface area contributed by atoms with Crippen molar-refractivity contribution in [3.63, 3.8) is 0 Å². The van der Waals surface area contributed by atoms with Crippen LogP contribution in [0.4, 0.5) is 0 Å². The number of fused-ring (bicyclic) bond motifs is 2. The maximum Gasteiger partial charge on any atom is 0.318 e. The minimum absolute atomic E-state index is 0.0298. The van der Waals surface area contributed by atoms with Crippen LogP contribution < -0.4 is 0 Å². The van der Waals surface area contributed by atoms with Gasteiger partial charge in [-0.1, -0.05) is 38.8 Å². The average Bonchev–Trinajstić information content (AvgIpc) is 3.41. The molecule has 3 saturated carbocycles. The summed E-state index contributed by atoms with van der Waals surface area (Å²) >= 11 is 0. The molecule has 5 aliphatic carbocycles. The van der Waals surface area contributed by atoms with Crippen LogP contribution in [0.25, 0.3) is 0 Å². The zero-order valence-electron chi connectivity index (χ0n) is 21.7. The molecule has 5 rings (SSSR count). The van der Waals surface area contributed by atoms with E-state index in [2.05, 4.69) is 13.0 Å². The molecule has 0 aromatic rings. The third-order valence-electron chi connectivity index (χ3n) is 10.7. The van der Waals surface area contributed by atoms with E-state index in [4.69, 9.17) is 9.47 Å². The monoisotopic (exact) mass is 502 g/mol. The topological polar surface area (TPSA) is 130 Å². The molecule has 10 atom stereocenters. The Bertz CT molecular complexity index is 1060. The summed E-state index contributed by atoms with van der Waals surface area (Å²) in [5.41, 5.74) is -4.77. The summed E-state index contributed by atoms with van der Waals surface area (Å²) < 4.78 is 11.0. The second kappa shape index (κ2) is 7.98. The fraction of sp³-hybridized carbons (Fsp3) is 0.750. The average molecular weight is 503 g/mol. The number of hydrogen-bond donors (Lipinski definition) is 3. The molecule has 3 N–H and O–H groups in total. The molecule has 8 nitrogen and oxygen atoms in total. The minimum Gasteiger partial charge on any atom is -0.498 e. The molecule has 36 heavy (non-hydrogen) atoms. The van der Waals surface area contributed by atoms with Gasteiger partial charge in [0.05, 0.1) is 19.1 Å². The van der Waals surface area contributed by atoms with Crippen molar-refractivity contribution in [3.8, 4) is 0 Å². The summed E-state index contributed by atoms with van der Waals surface area (Å²) in [7, 11) is 1.28. The minimum atomic E-state index is -2.14. The molecule has 0 heterocycles. The van der Waals surface area contributed by atoms with E-state index in [0.717, 1.165) is 30.8 Å². The Hall–Kier alpha value is -2.03. The van der Waals surface area contributed by atoms with E-state index in [0.29, 0.717) is 18.8 Å². The first-order valence-electron chi connectivity index (χ1n) is 13.1. The second-order valence-electron chi connectivity index (χ2n) is 12.4. The van der Waals surface area contributed by atoms with E-state index in [1.165, 1.54) is 14.0 Å². The molecule has 0 spiro atoms. The Kier molecular flexibility index (Phi) is 5.68. The number of carbonyl (C=O) groups excluding carboxylic acids is 3. The molecular weight excluding hydrogens is 464 g/mol. The molecule has 8 heteroatoms. The van der Waals surface area contributed by atoms with E-state index in [1.807, 2.05) is 13.8 Å². The first-order chi connectivity index (χ1) is 16.9. The predicted molar refractivity (Wildman–Crippen MR) is 128 cm³/mol. The summed E-state index contributed by atoms with van der Waals surface area (Å²) in [6, 6.07) is 0. The van der Waals surface area contributed by atoms with Crippen molar-refractivity contribution in [2.75, 3.05) is 13.7 Å². The lowest BCUT2D eigenvalue weighted by molar-refractivity contribution is -0.211. The van der Waals surface area contributed by atoms with Gasteiger partial charge >= 0.3 is 5.97 Å². The van der Waals surface area contributed by atoms with Gasteiger partial charge in [0.1, 0.15) is 29.2 Å². The first-order valence-corrected chi connectivity index (χ1v) is 13.1. The van der Waals surface area contributed by atoms with Crippen LogP contribution in [-0.2, 0) is 23.9 Å². The highest BCUT2D eigenvalue weighted by atomic mass is 16.6. The van der Waals surface area contributed by atoms with E-state index in [-0.39, 0.29) is 36.0 Å². The Balaban J connectivity index is 1.67. The number of aliphatic hydroxyl groups is 3. The summed E-state index contributed by atoms with van der Waals surface area (Å²) in [6.07, 6.45) is 3.62. The van der Waals surface area contributed by atoms with Crippen LogP contribution in [0, 0.1) is 45.8 Å². The molecular formula is C28H38O8. The highest BCUT2D eigenvalue weighted by Crippen LogP contribution is 2.82. The lowest BCUT2D eigenvalue weighted by Gasteiger charge is -2.59. The van der Waals surface area contributed by atoms with Crippen molar-refractivity contribution < 1.29 is 39.2 Å². The number of rotatable bonds is 6. The fourth-order valence-electron chi connectivity index (χ4n) is 9.19. The van der Waals surface area contributed by atoms with Crippen molar-refractivity contribution in [2.24, 2.45) is 45.8 Å². The van der Waals surface area contributed by atoms with Crippen molar-refractivity contribution in [1.82, 2.24) is 0 Å². The lowest BCUT2D eigenvalue weighted by atomic mass is 9.43. The molecule has 0 aromatic heterocycles. The maximum atomic E-state index is 14.6. The Morgan fingerprint density at radius 2 is 1.97 bits per heavy atom. The predicted octanol–water partition coefficient (Wildman–Crippen LogP) is 1.96. The van der Waals surface area contributed by atoms with Gasteiger partial charge in [0.2, 0.25) is 5.78 Å². The van der Waals surface area contributed by atoms with E-state index in [9.17, 15) is 29.7 Å². The van der Waals surface area contributed by atoms with E-state index < -0.39 is 45.8 Å². The quantitative estimate of drug-likeness (QED) is 0.285. The summed E-state index contributed by atoms with van der Waals surface area (Å²) in [6.45, 7) is 7.07. The number of aliphatic hydroxyl groups excluding tert-OH is 2. The van der Waals surface area contributed by atoms with Gasteiger partial charge in [-0.05, 0) is 55.8 Å². The lowest BCUT2D eigenvalue weighted by Crippen LogP contribution is -2.66. The smallest absolute Gasteiger partial charge is 0.318 e. The van der Waals surface area contributed by atoms with E-state index >= 15 is 0 Å². The van der Waals surface area contributed by atoms with Gasteiger partial charge in [0.15, 0.2) is 6.10 Å². The molecule has 0 amide bonds. The summed E-state index contributed by atoms with van der Waals surface area (Å²) in [5, 5.41) is 32.8. The van der Waals surface area contributed by atoms with Crippen LogP contribution in [0.15, 0.2) is 23.5 Å². The number of esters is 1. The van der Waals surface area contributed by atoms with Crippen LogP contribution in [0.5, 0.6) is 0 Å². The normalized spacial score (nSPS) is 49.0. The van der Waals surface area contributed by atoms with Crippen molar-refractivity contribution in [1.29, 1.82) is 0 Å². The van der Waals surface area contributed by atoms with Crippen LogP contribution >= 0.6 is 0 Å². The molecule has 198 valence electrons. The number of allylic oxidation sites excluding steroid dienone is 1. The van der Waals surface area contributed by atoms with Gasteiger partial charge in [-0.25, -0.2) is 0 Å². The van der Waals surface area contributed by atoms with Gasteiger partial charge in [-0.15, -0.1) is 0 Å². The Morgan fingerprint density at radius 3 is 2.56 bits per heavy atom. The second-order valence-corrected chi connectivity index (χ2v) is 12.4. The highest BCUT2D eigenvalue weighted by molar-refractivity contribution is 5.99. The molecule has 5 aliphatic rings. The third-order valence-corrected chi connectivity index (χ3v) is 10.7. The van der Waals surface area contributed by atoms with Gasteiger partial charge in [-0.3, -0.25) is 9.59 Å². The van der Waals surface area contributed by atoms with Crippen LogP contribution in [0.3, 0.4) is 0 Å². The summed E-state index contributed by atoms with van der Waals surface area (Å²) in [4.78, 5) is 40.8. The molecule has 0 radical (unpaired) electrons. The number of methoxy groups -OCH3 is 1. The Morgan fingerprint density at radius 1 is 1.28 bits per heavy atom. The Labute approximate surface area is 211 Å². The third kappa shape index (κ3) is 2.68. The zero-order valence-corrected chi connectivity index (χ0v) is 21.7. The van der Waals surface area contributed by atoms with Gasteiger partial charge in [0.25, 0.3) is 0 Å². The van der Waals surface area contributed by atoms with E-state index in [1.54, 1.807) is 0 Å². The van der Waals surface area contributed by atoms with Crippen molar-refractivity contribution in [3.05, 3.63) is 23.5 Å². The standard InChI is InChI=1S/C28H38O8/c1-14(2)19-8-16-10-27(13-30)18-7-6-15(3)17(18)11-26(16,12-29)28(19,27)24(33)36-23-20(31)9-21(35-5)22(32)25(23,4)34/h8-9,13-18,22-23,29,32,34H,6-7,10-12H2,1-5H3/t15-,16+,17-,18-,22+,23+,25+,26+,27-,28-/m1/s1. The maximum absolute atomic E-state index is 14.6. The molecule has 0 aromatic carbocycles. The first kappa shape index (κ1) is 25.6. The fourth-order valence-corrected chi connectivity index (χ4v) is 9.19. The molecule has 3 fully saturated rings. The number of carbonyl (C=O) groups is 3. The highest BCUT2D eigenvalue weighted by Gasteiger charge is 2.84. The van der Waals surface area contributed by atoms with Crippen LogP contribution in [0.1, 0.15) is 53.4 Å². The zero-order chi connectivity index (χ0) is 26.4. The largest absolute Gasteiger partial charge is 0.498 e. The number of ketones is 1. The van der Waals surface area contributed by atoms with Crippen LogP contribution in [-0.4, -0.2) is 64.9 Å². The number of ether oxygens (including phenoxy) is 2.